The van der Waals surface area contributed by atoms with E-state index < -0.39 is 0 Å². The second-order valence-electron chi connectivity index (χ2n) is 2.61. The molecule has 0 atom stereocenters. The number of aromatic nitrogens is 4. The molecule has 0 radical (unpaired) electrons. The Morgan fingerprint density at radius 3 is 2.57 bits per heavy atom. The number of alkyl halides is 1. The lowest BCUT2D eigenvalue weighted by molar-refractivity contribution is 0.625. The van der Waals surface area contributed by atoms with Crippen LogP contribution in [0.2, 0.25) is 0 Å². The van der Waals surface area contributed by atoms with Gasteiger partial charge in [0.05, 0.1) is 11.0 Å². The van der Waals surface area contributed by atoms with Gasteiger partial charge in [0.2, 0.25) is 0 Å². The summed E-state index contributed by atoms with van der Waals surface area (Å²) in [4.78, 5) is 1.36. The van der Waals surface area contributed by atoms with Crippen LogP contribution in [0.25, 0.3) is 5.69 Å². The molecular formula is C8H6BrFN4. The normalized spacial score (nSPS) is 10.4. The van der Waals surface area contributed by atoms with Gasteiger partial charge >= 0.3 is 0 Å². The van der Waals surface area contributed by atoms with Crippen LogP contribution in [-0.2, 0) is 5.33 Å². The van der Waals surface area contributed by atoms with Gasteiger partial charge in [0.1, 0.15) is 5.82 Å². The number of nitrogens with zero attached hydrogens (tertiary/aromatic N) is 4. The van der Waals surface area contributed by atoms with E-state index >= 15 is 0 Å². The van der Waals surface area contributed by atoms with Gasteiger partial charge in [0, 0.05) is 0 Å². The number of rotatable bonds is 2. The van der Waals surface area contributed by atoms with Crippen LogP contribution in [0.15, 0.2) is 24.3 Å². The molecule has 2 rings (SSSR count). The highest BCUT2D eigenvalue weighted by Crippen LogP contribution is 2.06. The van der Waals surface area contributed by atoms with Crippen LogP contribution in [0, 0.1) is 5.82 Å². The largest absolute Gasteiger partial charge is 0.207 e. The molecule has 0 fully saturated rings. The summed E-state index contributed by atoms with van der Waals surface area (Å²) in [5, 5.41) is 12.2. The van der Waals surface area contributed by atoms with Crippen molar-refractivity contribution in [1.29, 1.82) is 0 Å². The van der Waals surface area contributed by atoms with E-state index in [-0.39, 0.29) is 5.82 Å². The third-order valence-electron chi connectivity index (χ3n) is 1.63. The van der Waals surface area contributed by atoms with Gasteiger partial charge in [-0.3, -0.25) is 0 Å². The van der Waals surface area contributed by atoms with Crippen LogP contribution in [0.5, 0.6) is 0 Å². The van der Waals surface area contributed by atoms with E-state index in [1.54, 1.807) is 12.1 Å². The molecule has 0 N–H and O–H groups in total. The molecule has 0 saturated heterocycles. The van der Waals surface area contributed by atoms with Gasteiger partial charge in [0.25, 0.3) is 0 Å². The zero-order chi connectivity index (χ0) is 9.97. The number of tetrazole rings is 1. The first-order chi connectivity index (χ1) is 6.79. The van der Waals surface area contributed by atoms with Crippen LogP contribution >= 0.6 is 15.9 Å². The fourth-order valence-corrected chi connectivity index (χ4v) is 1.20. The molecule has 0 aliphatic carbocycles. The minimum Gasteiger partial charge on any atom is -0.207 e. The third-order valence-corrected chi connectivity index (χ3v) is 2.13. The summed E-state index contributed by atoms with van der Waals surface area (Å²) in [5.74, 6) is 0.309. The lowest BCUT2D eigenvalue weighted by atomic mass is 10.3. The highest BCUT2D eigenvalue weighted by molar-refractivity contribution is 9.08. The quantitative estimate of drug-likeness (QED) is 0.769. The van der Waals surface area contributed by atoms with Crippen molar-refractivity contribution in [1.82, 2.24) is 20.2 Å². The van der Waals surface area contributed by atoms with Gasteiger partial charge < -0.3 is 0 Å². The van der Waals surface area contributed by atoms with Crippen molar-refractivity contribution in [2.45, 2.75) is 5.33 Å². The summed E-state index contributed by atoms with van der Waals surface area (Å²) in [7, 11) is 0. The molecular weight excluding hydrogens is 251 g/mol. The fourth-order valence-electron chi connectivity index (χ4n) is 0.981. The number of benzene rings is 1. The summed E-state index contributed by atoms with van der Waals surface area (Å²) in [6, 6.07) is 5.89. The Morgan fingerprint density at radius 1 is 1.29 bits per heavy atom. The van der Waals surface area contributed by atoms with Crippen molar-refractivity contribution in [3.8, 4) is 5.69 Å². The highest BCUT2D eigenvalue weighted by atomic mass is 79.9. The van der Waals surface area contributed by atoms with E-state index in [4.69, 9.17) is 0 Å². The molecule has 2 aromatic rings. The summed E-state index contributed by atoms with van der Waals surface area (Å²) >= 11 is 3.22. The lowest BCUT2D eigenvalue weighted by Crippen LogP contribution is -1.98. The Morgan fingerprint density at radius 2 is 2.00 bits per heavy atom. The Labute approximate surface area is 87.9 Å². The van der Waals surface area contributed by atoms with Gasteiger partial charge in [-0.1, -0.05) is 15.9 Å². The van der Waals surface area contributed by atoms with E-state index in [0.29, 0.717) is 16.8 Å². The molecule has 0 amide bonds. The molecule has 4 nitrogen and oxygen atoms in total. The Balaban J connectivity index is 2.34. The molecule has 1 aromatic heterocycles. The maximum absolute atomic E-state index is 12.6. The van der Waals surface area contributed by atoms with E-state index in [2.05, 4.69) is 31.3 Å². The van der Waals surface area contributed by atoms with Gasteiger partial charge in [0.15, 0.2) is 5.82 Å². The molecule has 72 valence electrons. The second kappa shape index (κ2) is 3.83. The summed E-state index contributed by atoms with van der Waals surface area (Å²) in [6.45, 7) is 0. The Hall–Kier alpha value is -1.30. The number of halogens is 2. The summed E-state index contributed by atoms with van der Waals surface area (Å²) in [6.07, 6.45) is 0. The molecule has 0 aliphatic heterocycles. The number of hydrogen-bond acceptors (Lipinski definition) is 3. The summed E-state index contributed by atoms with van der Waals surface area (Å²) < 4.78 is 12.6. The predicted molar refractivity (Wildman–Crippen MR) is 51.7 cm³/mol. The molecule has 0 aliphatic rings. The fraction of sp³-hybridized carbons (Fsp3) is 0.125. The second-order valence-corrected chi connectivity index (χ2v) is 3.17. The van der Waals surface area contributed by atoms with Gasteiger partial charge in [-0.15, -0.1) is 15.0 Å². The molecule has 6 heteroatoms. The van der Waals surface area contributed by atoms with Gasteiger partial charge in [-0.25, -0.2) is 4.39 Å². The van der Waals surface area contributed by atoms with Crippen molar-refractivity contribution < 1.29 is 4.39 Å². The first-order valence-electron chi connectivity index (χ1n) is 3.90. The minimum absolute atomic E-state index is 0.283. The maximum Gasteiger partial charge on any atom is 0.185 e. The average molecular weight is 257 g/mol. The molecule has 0 saturated carbocycles. The monoisotopic (exact) mass is 256 g/mol. The molecule has 1 aromatic carbocycles. The smallest absolute Gasteiger partial charge is 0.185 e. The third kappa shape index (κ3) is 1.79. The van der Waals surface area contributed by atoms with Crippen LogP contribution in [0.1, 0.15) is 5.82 Å². The molecule has 1 heterocycles. The molecule has 0 unspecified atom stereocenters. The molecule has 0 spiro atoms. The highest BCUT2D eigenvalue weighted by Gasteiger charge is 2.02. The van der Waals surface area contributed by atoms with Crippen LogP contribution in [0.3, 0.4) is 0 Å². The van der Waals surface area contributed by atoms with Gasteiger partial charge in [-0.05, 0) is 29.5 Å². The minimum atomic E-state index is -0.283. The lowest BCUT2D eigenvalue weighted by Gasteiger charge is -1.96. The zero-order valence-electron chi connectivity index (χ0n) is 7.06. The van der Waals surface area contributed by atoms with Crippen LogP contribution in [0.4, 0.5) is 4.39 Å². The number of hydrogen-bond donors (Lipinski definition) is 0. The molecule has 0 bridgehead atoms. The SMILES string of the molecule is Fc1ccc(-n2nnc(CBr)n2)cc1. The van der Waals surface area contributed by atoms with Crippen molar-refractivity contribution >= 4 is 15.9 Å². The standard InChI is InChI=1S/C8H6BrFN4/c9-5-8-11-13-14(12-8)7-3-1-6(10)2-4-7/h1-4H,5H2. The predicted octanol–water partition coefficient (Wildman–Crippen LogP) is 1.70. The zero-order valence-corrected chi connectivity index (χ0v) is 8.65. The van der Waals surface area contributed by atoms with E-state index in [9.17, 15) is 4.39 Å². The van der Waals surface area contributed by atoms with E-state index in [1.807, 2.05) is 0 Å². The van der Waals surface area contributed by atoms with Crippen molar-refractivity contribution in [3.05, 3.63) is 35.9 Å². The van der Waals surface area contributed by atoms with E-state index in [0.717, 1.165) is 0 Å². The first kappa shape index (κ1) is 9.26. The van der Waals surface area contributed by atoms with Crippen molar-refractivity contribution in [2.24, 2.45) is 0 Å². The topological polar surface area (TPSA) is 43.6 Å². The Kier molecular flexibility index (Phi) is 2.53. The van der Waals surface area contributed by atoms with Gasteiger partial charge in [-0.2, -0.15) is 0 Å². The average Bonchev–Trinajstić information content (AvgIpc) is 2.67. The van der Waals surface area contributed by atoms with Crippen LogP contribution < -0.4 is 0 Å². The van der Waals surface area contributed by atoms with Crippen molar-refractivity contribution in [2.75, 3.05) is 0 Å². The van der Waals surface area contributed by atoms with Crippen LogP contribution in [-0.4, -0.2) is 20.2 Å². The molecule has 14 heavy (non-hydrogen) atoms. The first-order valence-corrected chi connectivity index (χ1v) is 5.02. The van der Waals surface area contributed by atoms with Crippen molar-refractivity contribution in [3.63, 3.8) is 0 Å². The summed E-state index contributed by atoms with van der Waals surface area (Å²) in [5.41, 5.74) is 0.686. The Bertz CT molecular complexity index is 425. The van der Waals surface area contributed by atoms with E-state index in [1.165, 1.54) is 16.9 Å². The maximum atomic E-state index is 12.6.